The predicted octanol–water partition coefficient (Wildman–Crippen LogP) is 4.66. The standard InChI is InChI=1S/C20H20ClNO3/c1-3-22(4-2)12-14-11-13(9-10-16(14)21)18-19(23)15-7-5-6-8-17(15)25-20(18)24/h5-11,23H,3-4,12H2,1-2H3. The minimum atomic E-state index is -0.563. The normalized spacial score (nSPS) is 11.4. The molecule has 130 valence electrons. The van der Waals surface area contributed by atoms with Crippen LogP contribution in [-0.4, -0.2) is 23.1 Å². The van der Waals surface area contributed by atoms with Gasteiger partial charge < -0.3 is 9.52 Å². The second kappa shape index (κ2) is 7.30. The summed E-state index contributed by atoms with van der Waals surface area (Å²) in [6, 6.07) is 12.3. The maximum atomic E-state index is 12.4. The number of halogens is 1. The second-order valence-electron chi connectivity index (χ2n) is 5.88. The molecule has 0 radical (unpaired) electrons. The summed E-state index contributed by atoms with van der Waals surface area (Å²) in [5, 5.41) is 11.8. The van der Waals surface area contributed by atoms with Gasteiger partial charge in [0.15, 0.2) is 0 Å². The molecule has 0 spiro atoms. The van der Waals surface area contributed by atoms with Gasteiger partial charge in [0.05, 0.1) is 5.39 Å². The molecule has 0 aliphatic rings. The molecule has 0 saturated carbocycles. The largest absolute Gasteiger partial charge is 0.506 e. The lowest BCUT2D eigenvalue weighted by Crippen LogP contribution is -2.22. The Morgan fingerprint density at radius 2 is 1.84 bits per heavy atom. The molecule has 4 nitrogen and oxygen atoms in total. The lowest BCUT2D eigenvalue weighted by Gasteiger charge is -2.19. The van der Waals surface area contributed by atoms with Gasteiger partial charge in [0, 0.05) is 11.6 Å². The molecule has 0 amide bonds. The maximum absolute atomic E-state index is 12.4. The molecule has 1 N–H and O–H groups in total. The van der Waals surface area contributed by atoms with Gasteiger partial charge in [-0.1, -0.05) is 43.6 Å². The average Bonchev–Trinajstić information content (AvgIpc) is 2.62. The molecule has 25 heavy (non-hydrogen) atoms. The van der Waals surface area contributed by atoms with E-state index in [9.17, 15) is 9.90 Å². The van der Waals surface area contributed by atoms with E-state index in [1.54, 1.807) is 36.4 Å². The molecule has 2 aromatic carbocycles. The number of para-hydroxylation sites is 1. The Morgan fingerprint density at radius 1 is 1.12 bits per heavy atom. The van der Waals surface area contributed by atoms with Gasteiger partial charge in [-0.2, -0.15) is 0 Å². The van der Waals surface area contributed by atoms with Crippen molar-refractivity contribution >= 4 is 22.6 Å². The first kappa shape index (κ1) is 17.5. The van der Waals surface area contributed by atoms with Crippen molar-refractivity contribution in [3.63, 3.8) is 0 Å². The lowest BCUT2D eigenvalue weighted by molar-refractivity contribution is 0.296. The Hall–Kier alpha value is -2.30. The van der Waals surface area contributed by atoms with Crippen LogP contribution in [-0.2, 0) is 6.54 Å². The molecular formula is C20H20ClNO3. The van der Waals surface area contributed by atoms with Gasteiger partial charge in [-0.25, -0.2) is 4.79 Å². The second-order valence-corrected chi connectivity index (χ2v) is 6.28. The molecule has 1 heterocycles. The summed E-state index contributed by atoms with van der Waals surface area (Å²) in [5.41, 5.74) is 1.48. The van der Waals surface area contributed by atoms with E-state index in [4.69, 9.17) is 16.0 Å². The molecule has 0 unspecified atom stereocenters. The van der Waals surface area contributed by atoms with Gasteiger partial charge in [-0.05, 0) is 48.5 Å². The Balaban J connectivity index is 2.14. The molecular weight excluding hydrogens is 338 g/mol. The fourth-order valence-electron chi connectivity index (χ4n) is 2.93. The van der Waals surface area contributed by atoms with Crippen molar-refractivity contribution in [2.75, 3.05) is 13.1 Å². The topological polar surface area (TPSA) is 53.7 Å². The van der Waals surface area contributed by atoms with Crippen molar-refractivity contribution < 1.29 is 9.52 Å². The quantitative estimate of drug-likeness (QED) is 0.675. The number of hydrogen-bond acceptors (Lipinski definition) is 4. The summed E-state index contributed by atoms with van der Waals surface area (Å²) in [7, 11) is 0. The van der Waals surface area contributed by atoms with E-state index in [0.717, 1.165) is 18.7 Å². The van der Waals surface area contributed by atoms with E-state index >= 15 is 0 Å². The maximum Gasteiger partial charge on any atom is 0.347 e. The first-order valence-electron chi connectivity index (χ1n) is 8.31. The lowest BCUT2D eigenvalue weighted by atomic mass is 10.0. The highest BCUT2D eigenvalue weighted by atomic mass is 35.5. The summed E-state index contributed by atoms with van der Waals surface area (Å²) in [6.45, 7) is 6.66. The van der Waals surface area contributed by atoms with Crippen molar-refractivity contribution in [2.45, 2.75) is 20.4 Å². The molecule has 0 aliphatic carbocycles. The Kier molecular flexibility index (Phi) is 5.11. The smallest absolute Gasteiger partial charge is 0.347 e. The van der Waals surface area contributed by atoms with Crippen molar-refractivity contribution in [3.8, 4) is 16.9 Å². The van der Waals surface area contributed by atoms with Gasteiger partial charge in [0.1, 0.15) is 16.9 Å². The molecule has 1 aromatic heterocycles. The van der Waals surface area contributed by atoms with E-state index < -0.39 is 5.63 Å². The molecule has 0 aliphatic heterocycles. The molecule has 3 rings (SSSR count). The van der Waals surface area contributed by atoms with Gasteiger partial charge in [0.25, 0.3) is 0 Å². The minimum Gasteiger partial charge on any atom is -0.506 e. The van der Waals surface area contributed by atoms with E-state index in [1.807, 2.05) is 6.07 Å². The van der Waals surface area contributed by atoms with Crippen molar-refractivity contribution in [3.05, 3.63) is 63.5 Å². The zero-order chi connectivity index (χ0) is 18.0. The van der Waals surface area contributed by atoms with Gasteiger partial charge in [-0.15, -0.1) is 0 Å². The zero-order valence-corrected chi connectivity index (χ0v) is 15.0. The van der Waals surface area contributed by atoms with Crippen LogP contribution in [0, 0.1) is 0 Å². The third kappa shape index (κ3) is 3.41. The number of nitrogens with zero attached hydrogens (tertiary/aromatic N) is 1. The van der Waals surface area contributed by atoms with E-state index in [1.165, 1.54) is 0 Å². The molecule has 5 heteroatoms. The number of rotatable bonds is 5. The van der Waals surface area contributed by atoms with Crippen LogP contribution in [0.15, 0.2) is 51.7 Å². The summed E-state index contributed by atoms with van der Waals surface area (Å²) in [5.74, 6) is -0.0667. The summed E-state index contributed by atoms with van der Waals surface area (Å²) in [4.78, 5) is 14.6. The Morgan fingerprint density at radius 3 is 2.56 bits per heavy atom. The highest BCUT2D eigenvalue weighted by Crippen LogP contribution is 2.34. The molecule has 0 saturated heterocycles. The average molecular weight is 358 g/mol. The van der Waals surface area contributed by atoms with Crippen molar-refractivity contribution in [2.24, 2.45) is 0 Å². The third-order valence-electron chi connectivity index (χ3n) is 4.41. The fraction of sp³-hybridized carbons (Fsp3) is 0.250. The van der Waals surface area contributed by atoms with Gasteiger partial charge >= 0.3 is 5.63 Å². The van der Waals surface area contributed by atoms with Crippen LogP contribution < -0.4 is 5.63 Å². The van der Waals surface area contributed by atoms with Crippen LogP contribution in [0.1, 0.15) is 19.4 Å². The predicted molar refractivity (Wildman–Crippen MR) is 101 cm³/mol. The third-order valence-corrected chi connectivity index (χ3v) is 4.78. The molecule has 0 atom stereocenters. The van der Waals surface area contributed by atoms with Gasteiger partial charge in [0.2, 0.25) is 0 Å². The van der Waals surface area contributed by atoms with E-state index in [-0.39, 0.29) is 11.3 Å². The van der Waals surface area contributed by atoms with Crippen molar-refractivity contribution in [1.29, 1.82) is 0 Å². The molecule has 3 aromatic rings. The van der Waals surface area contributed by atoms with Crippen LogP contribution >= 0.6 is 11.6 Å². The van der Waals surface area contributed by atoms with Crippen LogP contribution in [0.2, 0.25) is 5.02 Å². The van der Waals surface area contributed by atoms with Crippen LogP contribution in [0.4, 0.5) is 0 Å². The fourth-order valence-corrected chi connectivity index (χ4v) is 3.10. The summed E-state index contributed by atoms with van der Waals surface area (Å²) < 4.78 is 5.36. The first-order chi connectivity index (χ1) is 12.0. The monoisotopic (exact) mass is 357 g/mol. The SMILES string of the molecule is CCN(CC)Cc1cc(-c2c(O)c3ccccc3oc2=O)ccc1Cl. The van der Waals surface area contributed by atoms with E-state index in [2.05, 4.69) is 18.7 Å². The number of aromatic hydroxyl groups is 1. The molecule has 0 bridgehead atoms. The summed E-state index contributed by atoms with van der Waals surface area (Å²) in [6.07, 6.45) is 0. The number of fused-ring (bicyclic) bond motifs is 1. The Bertz CT molecular complexity index is 961. The van der Waals surface area contributed by atoms with Crippen LogP contribution in [0.3, 0.4) is 0 Å². The number of benzene rings is 2. The highest BCUT2D eigenvalue weighted by molar-refractivity contribution is 6.31. The van der Waals surface area contributed by atoms with Crippen LogP contribution in [0.25, 0.3) is 22.1 Å². The minimum absolute atomic E-state index is 0.0667. The van der Waals surface area contributed by atoms with Crippen molar-refractivity contribution in [1.82, 2.24) is 4.90 Å². The Labute approximate surface area is 151 Å². The highest BCUT2D eigenvalue weighted by Gasteiger charge is 2.17. The number of hydrogen-bond donors (Lipinski definition) is 1. The zero-order valence-electron chi connectivity index (χ0n) is 14.3. The van der Waals surface area contributed by atoms with E-state index in [0.29, 0.717) is 28.1 Å². The van der Waals surface area contributed by atoms with Crippen LogP contribution in [0.5, 0.6) is 5.75 Å². The molecule has 0 fully saturated rings. The van der Waals surface area contributed by atoms with Gasteiger partial charge in [-0.3, -0.25) is 4.90 Å². The first-order valence-corrected chi connectivity index (χ1v) is 8.68. The summed E-state index contributed by atoms with van der Waals surface area (Å²) >= 11 is 6.33.